The highest BCUT2D eigenvalue weighted by Gasteiger charge is 2.31. The lowest BCUT2D eigenvalue weighted by molar-refractivity contribution is -0.134. The summed E-state index contributed by atoms with van der Waals surface area (Å²) < 4.78 is 0. The van der Waals surface area contributed by atoms with E-state index in [0.717, 1.165) is 18.7 Å². The fraction of sp³-hybridized carbons (Fsp3) is 0.529. The van der Waals surface area contributed by atoms with Crippen molar-refractivity contribution in [2.75, 3.05) is 19.6 Å². The molecular formula is C17H23Cl2N3O2. The second-order valence-electron chi connectivity index (χ2n) is 6.41. The van der Waals surface area contributed by atoms with Crippen LogP contribution in [0.3, 0.4) is 0 Å². The standard InChI is InChI=1S/C17H23Cl2N3O2/c1-11(2)10-22-6-5-20-17(24)15(22)8-16(23)21-9-12-7-13(18)3-4-14(12)19/h3-4,7,11,15H,5-6,8-10H2,1-2H3,(H,20,24)(H,21,23)/t15-/m1/s1. The molecule has 1 saturated heterocycles. The Hall–Kier alpha value is -1.30. The van der Waals surface area contributed by atoms with Gasteiger partial charge in [0.2, 0.25) is 11.8 Å². The first kappa shape index (κ1) is 19.0. The predicted octanol–water partition coefficient (Wildman–Crippen LogP) is 2.46. The molecule has 1 heterocycles. The number of nitrogens with one attached hydrogen (secondary N) is 2. The highest BCUT2D eigenvalue weighted by Crippen LogP contribution is 2.20. The molecule has 0 unspecified atom stereocenters. The zero-order valence-corrected chi connectivity index (χ0v) is 15.5. The molecule has 2 rings (SSSR count). The van der Waals surface area contributed by atoms with E-state index >= 15 is 0 Å². The van der Waals surface area contributed by atoms with Crippen molar-refractivity contribution in [3.8, 4) is 0 Å². The Bertz CT molecular complexity index is 607. The second kappa shape index (κ2) is 8.70. The summed E-state index contributed by atoms with van der Waals surface area (Å²) in [4.78, 5) is 26.5. The van der Waals surface area contributed by atoms with Crippen LogP contribution in [0.4, 0.5) is 0 Å². The number of nitrogens with zero attached hydrogens (tertiary/aromatic N) is 1. The summed E-state index contributed by atoms with van der Waals surface area (Å²) in [5, 5.41) is 6.77. The van der Waals surface area contributed by atoms with Crippen LogP contribution >= 0.6 is 23.2 Å². The van der Waals surface area contributed by atoms with Gasteiger partial charge in [-0.2, -0.15) is 0 Å². The summed E-state index contributed by atoms with van der Waals surface area (Å²) in [6.45, 7) is 6.68. The number of hydrogen-bond donors (Lipinski definition) is 2. The molecule has 0 radical (unpaired) electrons. The van der Waals surface area contributed by atoms with Crippen molar-refractivity contribution in [2.45, 2.75) is 32.9 Å². The van der Waals surface area contributed by atoms with Gasteiger partial charge >= 0.3 is 0 Å². The second-order valence-corrected chi connectivity index (χ2v) is 7.26. The Balaban J connectivity index is 1.94. The molecule has 24 heavy (non-hydrogen) atoms. The first-order valence-electron chi connectivity index (χ1n) is 8.09. The maximum absolute atomic E-state index is 12.3. The van der Waals surface area contributed by atoms with Crippen molar-refractivity contribution in [1.82, 2.24) is 15.5 Å². The molecule has 132 valence electrons. The number of hydrogen-bond acceptors (Lipinski definition) is 3. The van der Waals surface area contributed by atoms with Gasteiger partial charge in [-0.1, -0.05) is 37.0 Å². The Morgan fingerprint density at radius 3 is 2.88 bits per heavy atom. The third-order valence-electron chi connectivity index (χ3n) is 3.90. The van der Waals surface area contributed by atoms with Gasteiger partial charge in [-0.25, -0.2) is 0 Å². The molecule has 2 N–H and O–H groups in total. The molecule has 7 heteroatoms. The van der Waals surface area contributed by atoms with Crippen LogP contribution < -0.4 is 10.6 Å². The maximum atomic E-state index is 12.3. The van der Waals surface area contributed by atoms with Gasteiger partial charge in [-0.3, -0.25) is 14.5 Å². The lowest BCUT2D eigenvalue weighted by Gasteiger charge is -2.35. The van der Waals surface area contributed by atoms with Crippen molar-refractivity contribution in [3.05, 3.63) is 33.8 Å². The summed E-state index contributed by atoms with van der Waals surface area (Å²) in [5.41, 5.74) is 0.754. The zero-order chi connectivity index (χ0) is 17.7. The van der Waals surface area contributed by atoms with E-state index in [4.69, 9.17) is 23.2 Å². The van der Waals surface area contributed by atoms with E-state index < -0.39 is 6.04 Å². The molecule has 2 amide bonds. The van der Waals surface area contributed by atoms with Crippen LogP contribution in [0.1, 0.15) is 25.8 Å². The molecule has 0 aliphatic carbocycles. The van der Waals surface area contributed by atoms with E-state index in [1.54, 1.807) is 18.2 Å². The first-order chi connectivity index (χ1) is 11.4. The minimum Gasteiger partial charge on any atom is -0.353 e. The van der Waals surface area contributed by atoms with Gasteiger partial charge in [0.05, 0.1) is 12.5 Å². The molecular weight excluding hydrogens is 349 g/mol. The van der Waals surface area contributed by atoms with Gasteiger partial charge in [0, 0.05) is 36.2 Å². The fourth-order valence-electron chi connectivity index (χ4n) is 2.79. The van der Waals surface area contributed by atoms with Crippen molar-refractivity contribution >= 4 is 35.0 Å². The minimum atomic E-state index is -0.420. The zero-order valence-electron chi connectivity index (χ0n) is 13.9. The number of rotatable bonds is 6. The van der Waals surface area contributed by atoms with Gasteiger partial charge in [-0.15, -0.1) is 0 Å². The Labute approximate surface area is 152 Å². The van der Waals surface area contributed by atoms with Gasteiger partial charge < -0.3 is 10.6 Å². The Morgan fingerprint density at radius 1 is 1.42 bits per heavy atom. The quantitative estimate of drug-likeness (QED) is 0.807. The SMILES string of the molecule is CC(C)CN1CCNC(=O)[C@H]1CC(=O)NCc1cc(Cl)ccc1Cl. The first-order valence-corrected chi connectivity index (χ1v) is 8.84. The van der Waals surface area contributed by atoms with E-state index in [1.807, 2.05) is 0 Å². The van der Waals surface area contributed by atoms with E-state index in [0.29, 0.717) is 22.5 Å². The molecule has 1 atom stereocenters. The van der Waals surface area contributed by atoms with E-state index in [9.17, 15) is 9.59 Å². The number of carbonyl (C=O) groups excluding carboxylic acids is 2. The molecule has 0 aromatic heterocycles. The third kappa shape index (κ3) is 5.36. The lowest BCUT2D eigenvalue weighted by Crippen LogP contribution is -2.57. The van der Waals surface area contributed by atoms with Crippen LogP contribution in [-0.2, 0) is 16.1 Å². The smallest absolute Gasteiger partial charge is 0.237 e. The minimum absolute atomic E-state index is 0.0853. The molecule has 5 nitrogen and oxygen atoms in total. The van der Waals surface area contributed by atoms with Crippen LogP contribution in [0.2, 0.25) is 10.0 Å². The van der Waals surface area contributed by atoms with Crippen LogP contribution in [0.25, 0.3) is 0 Å². The number of piperazine rings is 1. The third-order valence-corrected chi connectivity index (χ3v) is 4.51. The highest BCUT2D eigenvalue weighted by molar-refractivity contribution is 6.33. The molecule has 0 saturated carbocycles. The number of halogens is 2. The van der Waals surface area contributed by atoms with Gasteiger partial charge in [0.25, 0.3) is 0 Å². The van der Waals surface area contributed by atoms with E-state index in [1.165, 1.54) is 0 Å². The average molecular weight is 372 g/mol. The van der Waals surface area contributed by atoms with Crippen LogP contribution in [0.5, 0.6) is 0 Å². The van der Waals surface area contributed by atoms with Crippen LogP contribution in [0, 0.1) is 5.92 Å². The molecule has 1 aromatic rings. The summed E-state index contributed by atoms with van der Waals surface area (Å²) in [7, 11) is 0. The van der Waals surface area contributed by atoms with Crippen LogP contribution in [-0.4, -0.2) is 42.4 Å². The Morgan fingerprint density at radius 2 is 2.17 bits per heavy atom. The molecule has 1 aliphatic heterocycles. The fourth-order valence-corrected chi connectivity index (χ4v) is 3.17. The molecule has 0 bridgehead atoms. The molecule has 0 spiro atoms. The Kier molecular flexibility index (Phi) is 6.90. The van der Waals surface area contributed by atoms with Crippen molar-refractivity contribution in [3.63, 3.8) is 0 Å². The van der Waals surface area contributed by atoms with Gasteiger partial charge in [0.15, 0.2) is 0 Å². The summed E-state index contributed by atoms with van der Waals surface area (Å²) in [5.74, 6) is 0.173. The van der Waals surface area contributed by atoms with Crippen molar-refractivity contribution in [1.29, 1.82) is 0 Å². The van der Waals surface area contributed by atoms with E-state index in [2.05, 4.69) is 29.4 Å². The normalized spacial score (nSPS) is 18.5. The monoisotopic (exact) mass is 371 g/mol. The topological polar surface area (TPSA) is 61.4 Å². The maximum Gasteiger partial charge on any atom is 0.237 e. The lowest BCUT2D eigenvalue weighted by atomic mass is 10.1. The van der Waals surface area contributed by atoms with Crippen molar-refractivity contribution in [2.24, 2.45) is 5.92 Å². The highest BCUT2D eigenvalue weighted by atomic mass is 35.5. The van der Waals surface area contributed by atoms with E-state index in [-0.39, 0.29) is 24.8 Å². The summed E-state index contributed by atoms with van der Waals surface area (Å²) in [6, 6.07) is 4.70. The van der Waals surface area contributed by atoms with Crippen LogP contribution in [0.15, 0.2) is 18.2 Å². The summed E-state index contributed by atoms with van der Waals surface area (Å²) in [6.07, 6.45) is 0.136. The number of benzene rings is 1. The number of carbonyl (C=O) groups is 2. The summed E-state index contributed by atoms with van der Waals surface area (Å²) >= 11 is 12.0. The molecule has 1 aromatic carbocycles. The largest absolute Gasteiger partial charge is 0.353 e. The average Bonchev–Trinajstić information content (AvgIpc) is 2.51. The van der Waals surface area contributed by atoms with Gasteiger partial charge in [-0.05, 0) is 29.7 Å². The predicted molar refractivity (Wildman–Crippen MR) is 96.1 cm³/mol. The van der Waals surface area contributed by atoms with Gasteiger partial charge in [0.1, 0.15) is 0 Å². The number of amides is 2. The molecule has 1 aliphatic rings. The van der Waals surface area contributed by atoms with Crippen molar-refractivity contribution < 1.29 is 9.59 Å². The molecule has 1 fully saturated rings.